The number of methoxy groups -OCH3 is 1. The second-order valence-electron chi connectivity index (χ2n) is 5.33. The molecule has 0 saturated heterocycles. The SMILES string of the molecule is COc1ccc(Nc2ncnc(Nc3cccc(C)c3)c2N)cc1. The quantitative estimate of drug-likeness (QED) is 0.661. The van der Waals surface area contributed by atoms with Gasteiger partial charge in [-0.25, -0.2) is 9.97 Å². The van der Waals surface area contributed by atoms with Crippen molar-refractivity contribution in [2.75, 3.05) is 23.5 Å². The van der Waals surface area contributed by atoms with E-state index in [-0.39, 0.29) is 0 Å². The number of hydrogen-bond acceptors (Lipinski definition) is 6. The number of benzene rings is 2. The molecule has 4 N–H and O–H groups in total. The van der Waals surface area contributed by atoms with Gasteiger partial charge in [0.1, 0.15) is 17.8 Å². The highest BCUT2D eigenvalue weighted by molar-refractivity contribution is 5.80. The Hall–Kier alpha value is -3.28. The number of anilines is 5. The Morgan fingerprint density at radius 2 is 1.58 bits per heavy atom. The number of ether oxygens (including phenoxy) is 1. The van der Waals surface area contributed by atoms with Crippen LogP contribution in [0.5, 0.6) is 5.75 Å². The lowest BCUT2D eigenvalue weighted by Crippen LogP contribution is -2.05. The Labute approximate surface area is 140 Å². The first kappa shape index (κ1) is 15.6. The van der Waals surface area contributed by atoms with Gasteiger partial charge in [0.15, 0.2) is 11.6 Å². The molecule has 1 aromatic heterocycles. The molecular formula is C18H19N5O. The molecule has 0 spiro atoms. The molecule has 122 valence electrons. The van der Waals surface area contributed by atoms with E-state index in [1.165, 1.54) is 6.33 Å². The zero-order chi connectivity index (χ0) is 16.9. The fourth-order valence-corrected chi connectivity index (χ4v) is 2.27. The van der Waals surface area contributed by atoms with E-state index in [4.69, 9.17) is 10.5 Å². The summed E-state index contributed by atoms with van der Waals surface area (Å²) in [5.74, 6) is 1.90. The van der Waals surface area contributed by atoms with E-state index >= 15 is 0 Å². The second-order valence-corrected chi connectivity index (χ2v) is 5.33. The van der Waals surface area contributed by atoms with Gasteiger partial charge in [0.25, 0.3) is 0 Å². The maximum atomic E-state index is 6.20. The minimum Gasteiger partial charge on any atom is -0.497 e. The molecule has 0 unspecified atom stereocenters. The van der Waals surface area contributed by atoms with E-state index < -0.39 is 0 Å². The molecule has 0 amide bonds. The fourth-order valence-electron chi connectivity index (χ4n) is 2.27. The Morgan fingerprint density at radius 1 is 0.917 bits per heavy atom. The van der Waals surface area contributed by atoms with Crippen molar-refractivity contribution in [1.82, 2.24) is 9.97 Å². The minimum absolute atomic E-state index is 0.454. The molecule has 2 aromatic carbocycles. The zero-order valence-corrected chi connectivity index (χ0v) is 13.6. The molecular weight excluding hydrogens is 302 g/mol. The van der Waals surface area contributed by atoms with E-state index in [0.717, 1.165) is 22.7 Å². The van der Waals surface area contributed by atoms with Gasteiger partial charge >= 0.3 is 0 Å². The van der Waals surface area contributed by atoms with Gasteiger partial charge in [-0.3, -0.25) is 0 Å². The number of nitrogens with two attached hydrogens (primary N) is 1. The van der Waals surface area contributed by atoms with Crippen molar-refractivity contribution in [1.29, 1.82) is 0 Å². The maximum Gasteiger partial charge on any atom is 0.159 e. The van der Waals surface area contributed by atoms with Gasteiger partial charge in [-0.15, -0.1) is 0 Å². The molecule has 6 nitrogen and oxygen atoms in total. The molecule has 0 saturated carbocycles. The van der Waals surface area contributed by atoms with Gasteiger partial charge in [-0.05, 0) is 48.9 Å². The largest absolute Gasteiger partial charge is 0.497 e. The Bertz CT molecular complexity index is 833. The van der Waals surface area contributed by atoms with E-state index in [9.17, 15) is 0 Å². The maximum absolute atomic E-state index is 6.20. The van der Waals surface area contributed by atoms with Gasteiger partial charge in [0, 0.05) is 11.4 Å². The summed E-state index contributed by atoms with van der Waals surface area (Å²) in [5.41, 5.74) is 9.60. The first-order valence-corrected chi connectivity index (χ1v) is 7.51. The van der Waals surface area contributed by atoms with Crippen molar-refractivity contribution < 1.29 is 4.74 Å². The topological polar surface area (TPSA) is 85.1 Å². The van der Waals surface area contributed by atoms with Crippen molar-refractivity contribution in [2.24, 2.45) is 0 Å². The van der Waals surface area contributed by atoms with Crippen molar-refractivity contribution in [3.8, 4) is 5.75 Å². The molecule has 3 aromatic rings. The summed E-state index contributed by atoms with van der Waals surface area (Å²) in [6.45, 7) is 2.03. The standard InChI is InChI=1S/C18H19N5O/c1-12-4-3-5-14(10-12)23-18-16(19)17(20-11-21-18)22-13-6-8-15(24-2)9-7-13/h3-11H,19H2,1-2H3,(H2,20,21,22,23). The van der Waals surface area contributed by atoms with Crippen LogP contribution in [0.2, 0.25) is 0 Å². The Kier molecular flexibility index (Phi) is 4.47. The lowest BCUT2D eigenvalue weighted by molar-refractivity contribution is 0.415. The van der Waals surface area contributed by atoms with Gasteiger partial charge in [-0.1, -0.05) is 12.1 Å². The smallest absolute Gasteiger partial charge is 0.159 e. The van der Waals surface area contributed by atoms with Crippen LogP contribution in [0.1, 0.15) is 5.56 Å². The summed E-state index contributed by atoms with van der Waals surface area (Å²) in [6, 6.07) is 15.5. The van der Waals surface area contributed by atoms with Crippen molar-refractivity contribution >= 4 is 28.7 Å². The highest BCUT2D eigenvalue weighted by atomic mass is 16.5. The van der Waals surface area contributed by atoms with Gasteiger partial charge in [-0.2, -0.15) is 0 Å². The number of hydrogen-bond donors (Lipinski definition) is 3. The van der Waals surface area contributed by atoms with Crippen molar-refractivity contribution in [3.05, 3.63) is 60.4 Å². The van der Waals surface area contributed by atoms with E-state index in [2.05, 4.69) is 20.6 Å². The van der Waals surface area contributed by atoms with Crippen molar-refractivity contribution in [2.45, 2.75) is 6.92 Å². The number of nitrogen functional groups attached to an aromatic ring is 1. The van der Waals surface area contributed by atoms with E-state index in [1.54, 1.807) is 7.11 Å². The second kappa shape index (κ2) is 6.87. The van der Waals surface area contributed by atoms with Gasteiger partial charge in [0.05, 0.1) is 7.11 Å². The first-order valence-electron chi connectivity index (χ1n) is 7.51. The number of aryl methyl sites for hydroxylation is 1. The highest BCUT2D eigenvalue weighted by Crippen LogP contribution is 2.28. The monoisotopic (exact) mass is 321 g/mol. The van der Waals surface area contributed by atoms with Crippen LogP contribution < -0.4 is 21.1 Å². The number of rotatable bonds is 5. The van der Waals surface area contributed by atoms with Gasteiger partial charge < -0.3 is 21.1 Å². The molecule has 0 aliphatic rings. The molecule has 0 radical (unpaired) electrons. The Morgan fingerprint density at radius 3 is 2.21 bits per heavy atom. The summed E-state index contributed by atoms with van der Waals surface area (Å²) in [5, 5.41) is 6.41. The third-order valence-corrected chi connectivity index (χ3v) is 3.52. The van der Waals surface area contributed by atoms with E-state index in [0.29, 0.717) is 17.3 Å². The molecule has 3 rings (SSSR count). The van der Waals surface area contributed by atoms with Crippen molar-refractivity contribution in [3.63, 3.8) is 0 Å². The van der Waals surface area contributed by atoms with E-state index in [1.807, 2.05) is 55.5 Å². The average Bonchev–Trinajstić information content (AvgIpc) is 2.59. The van der Waals surface area contributed by atoms with Crippen LogP contribution in [0.25, 0.3) is 0 Å². The molecule has 0 aliphatic carbocycles. The predicted molar refractivity (Wildman–Crippen MR) is 97.2 cm³/mol. The number of nitrogens with one attached hydrogen (secondary N) is 2. The molecule has 1 heterocycles. The lowest BCUT2D eigenvalue weighted by Gasteiger charge is -2.13. The summed E-state index contributed by atoms with van der Waals surface area (Å²) in [6.07, 6.45) is 1.47. The van der Waals surface area contributed by atoms with Crippen LogP contribution in [-0.2, 0) is 0 Å². The summed E-state index contributed by atoms with van der Waals surface area (Å²) < 4.78 is 5.15. The zero-order valence-electron chi connectivity index (χ0n) is 13.6. The average molecular weight is 321 g/mol. The Balaban J connectivity index is 1.82. The third kappa shape index (κ3) is 3.55. The van der Waals surface area contributed by atoms with Gasteiger partial charge in [0.2, 0.25) is 0 Å². The van der Waals surface area contributed by atoms with Crippen LogP contribution in [-0.4, -0.2) is 17.1 Å². The predicted octanol–water partition coefficient (Wildman–Crippen LogP) is 3.86. The van der Waals surface area contributed by atoms with Crippen LogP contribution in [0.15, 0.2) is 54.9 Å². The highest BCUT2D eigenvalue weighted by Gasteiger charge is 2.09. The summed E-state index contributed by atoms with van der Waals surface area (Å²) in [4.78, 5) is 8.44. The molecule has 0 bridgehead atoms. The summed E-state index contributed by atoms with van der Waals surface area (Å²) >= 11 is 0. The molecule has 0 fully saturated rings. The molecule has 24 heavy (non-hydrogen) atoms. The molecule has 6 heteroatoms. The molecule has 0 aliphatic heterocycles. The minimum atomic E-state index is 0.454. The first-order chi connectivity index (χ1) is 11.7. The molecule has 0 atom stereocenters. The normalized spacial score (nSPS) is 10.2. The lowest BCUT2D eigenvalue weighted by atomic mass is 10.2. The van der Waals surface area contributed by atoms with Crippen LogP contribution in [0.3, 0.4) is 0 Å². The third-order valence-electron chi connectivity index (χ3n) is 3.52. The summed E-state index contributed by atoms with van der Waals surface area (Å²) in [7, 11) is 1.63. The number of aromatic nitrogens is 2. The van der Waals surface area contributed by atoms with Crippen LogP contribution in [0.4, 0.5) is 28.7 Å². The van der Waals surface area contributed by atoms with Crippen LogP contribution in [0, 0.1) is 6.92 Å². The fraction of sp³-hybridized carbons (Fsp3) is 0.111. The number of nitrogens with zero attached hydrogens (tertiary/aromatic N) is 2. The van der Waals surface area contributed by atoms with Crippen LogP contribution >= 0.6 is 0 Å².